The summed E-state index contributed by atoms with van der Waals surface area (Å²) in [6, 6.07) is 19.3. The van der Waals surface area contributed by atoms with Gasteiger partial charge in [-0.2, -0.15) is 4.99 Å². The van der Waals surface area contributed by atoms with Crippen molar-refractivity contribution in [1.29, 1.82) is 0 Å². The van der Waals surface area contributed by atoms with Gasteiger partial charge in [0.15, 0.2) is 16.7 Å². The largest absolute Gasteiger partial charge is 0.454 e. The Hall–Kier alpha value is -4.97. The number of pyridine rings is 1. The van der Waals surface area contributed by atoms with E-state index >= 15 is 0 Å². The molecule has 1 N–H and O–H groups in total. The number of carbonyl (C=O) groups is 2. The number of ether oxygens (including phenoxy) is 2. The van der Waals surface area contributed by atoms with Gasteiger partial charge in [0.1, 0.15) is 17.5 Å². The zero-order chi connectivity index (χ0) is 28.6. The minimum absolute atomic E-state index is 0.128. The number of amides is 2. The molecule has 0 aliphatic carbocycles. The van der Waals surface area contributed by atoms with Crippen molar-refractivity contribution in [1.82, 2.24) is 19.6 Å². The van der Waals surface area contributed by atoms with Gasteiger partial charge in [0.2, 0.25) is 12.7 Å². The maximum atomic E-state index is 13.2. The molecule has 1 atom stereocenters. The lowest BCUT2D eigenvalue weighted by molar-refractivity contribution is -0.122. The van der Waals surface area contributed by atoms with Crippen LogP contribution in [0.15, 0.2) is 87.7 Å². The summed E-state index contributed by atoms with van der Waals surface area (Å²) in [5.74, 6) is 1.72. The van der Waals surface area contributed by atoms with Crippen molar-refractivity contribution >= 4 is 45.9 Å². The molecule has 2 aromatic heterocycles. The fraction of sp³-hybridized carbons (Fsp3) is 0.200. The highest BCUT2D eigenvalue weighted by molar-refractivity contribution is 8.13. The number of aromatic nitrogens is 2. The topological polar surface area (TPSA) is 127 Å². The van der Waals surface area contributed by atoms with Crippen LogP contribution < -0.4 is 20.3 Å². The number of rotatable bonds is 7. The minimum atomic E-state index is -0.675. The maximum Gasteiger partial charge on any atom is 0.270 e. The van der Waals surface area contributed by atoms with Gasteiger partial charge in [-0.25, -0.2) is 9.98 Å². The molecule has 0 radical (unpaired) electrons. The van der Waals surface area contributed by atoms with Gasteiger partial charge in [-0.15, -0.1) is 0 Å². The van der Waals surface area contributed by atoms with Gasteiger partial charge < -0.3 is 14.8 Å². The Morgan fingerprint density at radius 3 is 2.79 bits per heavy atom. The number of hydrogen-bond acceptors (Lipinski definition) is 9. The van der Waals surface area contributed by atoms with Gasteiger partial charge in [-0.3, -0.25) is 23.7 Å². The van der Waals surface area contributed by atoms with Gasteiger partial charge in [0, 0.05) is 36.5 Å². The Labute approximate surface area is 243 Å². The number of fused-ring (bicyclic) bond motifs is 5. The van der Waals surface area contributed by atoms with E-state index in [9.17, 15) is 14.4 Å². The molecule has 7 rings (SSSR count). The first-order valence-corrected chi connectivity index (χ1v) is 14.4. The number of thioether (sulfide) groups is 1. The third kappa shape index (κ3) is 4.90. The summed E-state index contributed by atoms with van der Waals surface area (Å²) in [6.07, 6.45) is 2.07. The van der Waals surface area contributed by atoms with Crippen LogP contribution in [0.4, 0.5) is 5.69 Å². The van der Waals surface area contributed by atoms with Crippen molar-refractivity contribution in [3.8, 4) is 11.5 Å². The van der Waals surface area contributed by atoms with Gasteiger partial charge in [-0.05, 0) is 48.4 Å². The lowest BCUT2D eigenvalue weighted by Gasteiger charge is -2.31. The molecule has 4 aromatic rings. The Morgan fingerprint density at radius 2 is 1.86 bits per heavy atom. The first kappa shape index (κ1) is 26.0. The first-order chi connectivity index (χ1) is 20.5. The van der Waals surface area contributed by atoms with E-state index in [4.69, 9.17) is 14.5 Å². The molecule has 210 valence electrons. The van der Waals surface area contributed by atoms with E-state index in [1.807, 2.05) is 53.4 Å². The van der Waals surface area contributed by atoms with Crippen molar-refractivity contribution < 1.29 is 19.1 Å². The predicted octanol–water partition coefficient (Wildman–Crippen LogP) is 3.41. The molecule has 5 heterocycles. The second kappa shape index (κ2) is 10.8. The van der Waals surface area contributed by atoms with Gasteiger partial charge in [-0.1, -0.05) is 36.0 Å². The fourth-order valence-corrected chi connectivity index (χ4v) is 6.04. The molecule has 2 aromatic carbocycles. The summed E-state index contributed by atoms with van der Waals surface area (Å²) in [7, 11) is 0. The number of nitrogens with one attached hydrogen (secondary N) is 1. The second-order valence-corrected chi connectivity index (χ2v) is 10.8. The molecule has 1 unspecified atom stereocenters. The van der Waals surface area contributed by atoms with Gasteiger partial charge in [0.25, 0.3) is 11.5 Å². The standard InChI is InChI=1S/C30H24N6O5S/c37-26(31-15-18-8-10-23-24(13-18)41-17-40-23)11-9-22-29(39)34-28-20-5-1-2-6-21(20)33-30(36(22)28)42-16-19-14-27(38)35-12-4-3-7-25(35)32-19/h1-8,10,12-14,22H,9,11,15-17H2,(H,31,37). The van der Waals surface area contributed by atoms with Crippen LogP contribution in [0.5, 0.6) is 11.5 Å². The maximum absolute atomic E-state index is 13.2. The minimum Gasteiger partial charge on any atom is -0.454 e. The normalized spacial score (nSPS) is 16.6. The van der Waals surface area contributed by atoms with E-state index in [2.05, 4.69) is 15.3 Å². The smallest absolute Gasteiger partial charge is 0.270 e. The number of amidine groups is 2. The average Bonchev–Trinajstić information content (AvgIpc) is 3.61. The molecule has 42 heavy (non-hydrogen) atoms. The summed E-state index contributed by atoms with van der Waals surface area (Å²) in [6.45, 7) is 0.515. The highest BCUT2D eigenvalue weighted by Crippen LogP contribution is 2.36. The number of carbonyl (C=O) groups excluding carboxylic acids is 2. The number of nitrogens with zero attached hydrogens (tertiary/aromatic N) is 5. The average molecular weight is 581 g/mol. The molecule has 2 amide bonds. The van der Waals surface area contributed by atoms with Gasteiger partial charge in [0.05, 0.1) is 11.4 Å². The summed E-state index contributed by atoms with van der Waals surface area (Å²) < 4.78 is 12.2. The van der Waals surface area contributed by atoms with Crippen LogP contribution >= 0.6 is 11.8 Å². The molecular weight excluding hydrogens is 556 g/mol. The van der Waals surface area contributed by atoms with Crippen LogP contribution in [-0.4, -0.2) is 49.9 Å². The third-order valence-corrected chi connectivity index (χ3v) is 8.14. The van der Waals surface area contributed by atoms with Crippen LogP contribution in [-0.2, 0) is 21.9 Å². The van der Waals surface area contributed by atoms with E-state index in [-0.39, 0.29) is 37.0 Å². The van der Waals surface area contributed by atoms with Crippen LogP contribution in [0.3, 0.4) is 0 Å². The zero-order valence-electron chi connectivity index (χ0n) is 22.2. The molecule has 0 saturated heterocycles. The SMILES string of the molecule is O=C(CCC1C(=O)N=C2c3ccccc3N=C(SCc3cc(=O)n4ccccc4n3)N21)NCc1ccc2c(c1)OCO2. The number of hydrogen-bond donors (Lipinski definition) is 1. The molecular formula is C30H24N6O5S. The van der Waals surface area contributed by atoms with Crippen molar-refractivity contribution in [3.63, 3.8) is 0 Å². The van der Waals surface area contributed by atoms with Gasteiger partial charge >= 0.3 is 0 Å². The summed E-state index contributed by atoms with van der Waals surface area (Å²) in [4.78, 5) is 54.2. The fourth-order valence-electron chi connectivity index (χ4n) is 5.10. The first-order valence-electron chi connectivity index (χ1n) is 13.4. The highest BCUT2D eigenvalue weighted by atomic mass is 32.2. The highest BCUT2D eigenvalue weighted by Gasteiger charge is 2.41. The molecule has 11 nitrogen and oxygen atoms in total. The Bertz CT molecular complexity index is 1870. The third-order valence-electron chi connectivity index (χ3n) is 7.15. The summed E-state index contributed by atoms with van der Waals surface area (Å²) in [5, 5.41) is 3.49. The number of para-hydroxylation sites is 1. The molecule has 0 fully saturated rings. The van der Waals surface area contributed by atoms with Crippen LogP contribution in [0.2, 0.25) is 0 Å². The monoisotopic (exact) mass is 580 g/mol. The predicted molar refractivity (Wildman–Crippen MR) is 157 cm³/mol. The van der Waals surface area contributed by atoms with Crippen molar-refractivity contribution in [2.75, 3.05) is 6.79 Å². The van der Waals surface area contributed by atoms with Crippen molar-refractivity contribution in [2.24, 2.45) is 9.98 Å². The number of benzene rings is 2. The summed E-state index contributed by atoms with van der Waals surface area (Å²) >= 11 is 1.37. The molecule has 3 aliphatic heterocycles. The van der Waals surface area contributed by atoms with Crippen LogP contribution in [0.25, 0.3) is 5.65 Å². The molecule has 3 aliphatic rings. The van der Waals surface area contributed by atoms with Crippen LogP contribution in [0.1, 0.15) is 29.7 Å². The van der Waals surface area contributed by atoms with E-state index in [1.165, 1.54) is 22.2 Å². The lowest BCUT2D eigenvalue weighted by atomic mass is 10.1. The second-order valence-electron chi connectivity index (χ2n) is 9.88. The van der Waals surface area contributed by atoms with E-state index in [1.54, 1.807) is 18.3 Å². The molecule has 0 bridgehead atoms. The van der Waals surface area contributed by atoms with Crippen molar-refractivity contribution in [2.45, 2.75) is 31.2 Å². The zero-order valence-corrected chi connectivity index (χ0v) is 23.0. The Morgan fingerprint density at radius 1 is 1.00 bits per heavy atom. The van der Waals surface area contributed by atoms with Crippen molar-refractivity contribution in [3.05, 3.63) is 100 Å². The Kier molecular flexibility index (Phi) is 6.67. The molecule has 0 spiro atoms. The molecule has 0 saturated carbocycles. The van der Waals surface area contributed by atoms with E-state index < -0.39 is 6.04 Å². The number of aliphatic imine (C=N–C) groups is 2. The van der Waals surface area contributed by atoms with E-state index in [0.717, 1.165) is 11.1 Å². The summed E-state index contributed by atoms with van der Waals surface area (Å²) in [5.41, 5.74) is 3.33. The lowest BCUT2D eigenvalue weighted by Crippen LogP contribution is -2.44. The quantitative estimate of drug-likeness (QED) is 0.353. The van der Waals surface area contributed by atoms with E-state index in [0.29, 0.717) is 51.8 Å². The molecule has 12 heteroatoms. The Balaban J connectivity index is 1.07. The van der Waals surface area contributed by atoms with Crippen LogP contribution in [0, 0.1) is 0 Å².